The first-order valence-corrected chi connectivity index (χ1v) is 10.8. The van der Waals surface area contributed by atoms with Gasteiger partial charge in [0.15, 0.2) is 0 Å². The van der Waals surface area contributed by atoms with E-state index in [2.05, 4.69) is 10.3 Å². The molecule has 7 nitrogen and oxygen atoms in total. The zero-order valence-electron chi connectivity index (χ0n) is 16.2. The summed E-state index contributed by atoms with van der Waals surface area (Å²) >= 11 is 0. The number of hydrogen-bond donors (Lipinski definition) is 1. The first kappa shape index (κ1) is 20.3. The fourth-order valence-corrected chi connectivity index (χ4v) is 4.74. The summed E-state index contributed by atoms with van der Waals surface area (Å²) in [6, 6.07) is 12.2. The molecule has 1 N–H and O–H groups in total. The highest BCUT2D eigenvalue weighted by Crippen LogP contribution is 2.24. The van der Waals surface area contributed by atoms with Crippen molar-refractivity contribution in [2.75, 3.05) is 32.1 Å². The van der Waals surface area contributed by atoms with Crippen LogP contribution < -0.4 is 10.2 Å². The van der Waals surface area contributed by atoms with Crippen molar-refractivity contribution in [2.24, 2.45) is 5.92 Å². The van der Waals surface area contributed by atoms with Gasteiger partial charge in [0.25, 0.3) is 0 Å². The van der Waals surface area contributed by atoms with Crippen LogP contribution in [0.15, 0.2) is 53.6 Å². The molecular formula is C20H26N4O3S. The highest BCUT2D eigenvalue weighted by Gasteiger charge is 2.31. The Morgan fingerprint density at radius 1 is 1.18 bits per heavy atom. The number of hydrogen-bond acceptors (Lipinski definition) is 5. The number of carbonyl (C=O) groups is 1. The van der Waals surface area contributed by atoms with Gasteiger partial charge in [0.2, 0.25) is 15.9 Å². The van der Waals surface area contributed by atoms with E-state index in [0.29, 0.717) is 37.4 Å². The molecule has 0 aliphatic carbocycles. The van der Waals surface area contributed by atoms with Gasteiger partial charge in [-0.1, -0.05) is 18.2 Å². The Labute approximate surface area is 166 Å². The highest BCUT2D eigenvalue weighted by molar-refractivity contribution is 7.89. The average molecular weight is 403 g/mol. The van der Waals surface area contributed by atoms with Crippen molar-refractivity contribution in [1.82, 2.24) is 14.6 Å². The van der Waals surface area contributed by atoms with Crippen LogP contribution in [-0.4, -0.2) is 50.8 Å². The molecule has 1 aromatic heterocycles. The molecule has 28 heavy (non-hydrogen) atoms. The first-order chi connectivity index (χ1) is 13.4. The van der Waals surface area contributed by atoms with E-state index in [1.54, 1.807) is 36.5 Å². The number of piperidine rings is 1. The molecule has 3 rings (SSSR count). The Hall–Kier alpha value is -2.45. The van der Waals surface area contributed by atoms with Crippen LogP contribution >= 0.6 is 0 Å². The van der Waals surface area contributed by atoms with Crippen molar-refractivity contribution in [3.63, 3.8) is 0 Å². The summed E-state index contributed by atoms with van der Waals surface area (Å²) in [4.78, 5) is 19.0. The lowest BCUT2D eigenvalue weighted by atomic mass is 9.97. The molecule has 2 aromatic rings. The Balaban J connectivity index is 1.53. The van der Waals surface area contributed by atoms with Crippen LogP contribution in [0.4, 0.5) is 5.82 Å². The number of benzene rings is 1. The number of amides is 1. The lowest BCUT2D eigenvalue weighted by Gasteiger charge is -2.30. The van der Waals surface area contributed by atoms with Crippen molar-refractivity contribution in [2.45, 2.75) is 24.3 Å². The fraction of sp³-hybridized carbons (Fsp3) is 0.400. The Morgan fingerprint density at radius 3 is 2.50 bits per heavy atom. The zero-order valence-corrected chi connectivity index (χ0v) is 17.0. The number of nitrogens with zero attached hydrogens (tertiary/aromatic N) is 3. The molecule has 0 radical (unpaired) electrons. The van der Waals surface area contributed by atoms with Gasteiger partial charge < -0.3 is 10.2 Å². The van der Waals surface area contributed by atoms with E-state index < -0.39 is 10.0 Å². The van der Waals surface area contributed by atoms with Gasteiger partial charge in [0, 0.05) is 45.8 Å². The summed E-state index contributed by atoms with van der Waals surface area (Å²) in [6.07, 6.45) is 2.78. The lowest BCUT2D eigenvalue weighted by molar-refractivity contribution is -0.126. The SMILES string of the molecule is CN(C)c1cc(CNC(=O)C2CCN(S(=O)(=O)c3ccccc3)CC2)ccn1. The van der Waals surface area contributed by atoms with Crippen LogP contribution in [0.3, 0.4) is 0 Å². The molecule has 0 bridgehead atoms. The van der Waals surface area contributed by atoms with Crippen molar-refractivity contribution < 1.29 is 13.2 Å². The molecule has 8 heteroatoms. The Morgan fingerprint density at radius 2 is 1.86 bits per heavy atom. The molecule has 1 aliphatic heterocycles. The molecule has 1 saturated heterocycles. The van der Waals surface area contributed by atoms with Crippen LogP contribution in [-0.2, 0) is 21.4 Å². The van der Waals surface area contributed by atoms with Crippen molar-refractivity contribution >= 4 is 21.7 Å². The predicted octanol–water partition coefficient (Wildman–Crippen LogP) is 1.86. The van der Waals surface area contributed by atoms with E-state index in [9.17, 15) is 13.2 Å². The first-order valence-electron chi connectivity index (χ1n) is 9.33. The molecular weight excluding hydrogens is 376 g/mol. The number of rotatable bonds is 6. The fourth-order valence-electron chi connectivity index (χ4n) is 3.25. The quantitative estimate of drug-likeness (QED) is 0.798. The summed E-state index contributed by atoms with van der Waals surface area (Å²) in [6.45, 7) is 1.15. The summed E-state index contributed by atoms with van der Waals surface area (Å²) in [5, 5.41) is 2.97. The predicted molar refractivity (Wildman–Crippen MR) is 108 cm³/mol. The number of carbonyl (C=O) groups excluding carboxylic acids is 1. The molecule has 1 amide bonds. The van der Waals surface area contributed by atoms with Gasteiger partial charge in [-0.25, -0.2) is 13.4 Å². The summed E-state index contributed by atoms with van der Waals surface area (Å²) in [7, 11) is 0.348. The van der Waals surface area contributed by atoms with E-state index in [-0.39, 0.29) is 11.8 Å². The maximum Gasteiger partial charge on any atom is 0.243 e. The van der Waals surface area contributed by atoms with E-state index in [4.69, 9.17) is 0 Å². The minimum absolute atomic E-state index is 0.0278. The normalized spacial score (nSPS) is 15.9. The van der Waals surface area contributed by atoms with Crippen LogP contribution in [0.1, 0.15) is 18.4 Å². The number of aromatic nitrogens is 1. The third kappa shape index (κ3) is 4.69. The van der Waals surface area contributed by atoms with Gasteiger partial charge in [-0.3, -0.25) is 4.79 Å². The van der Waals surface area contributed by atoms with Gasteiger partial charge in [-0.2, -0.15) is 4.31 Å². The minimum atomic E-state index is -3.49. The molecule has 0 saturated carbocycles. The monoisotopic (exact) mass is 402 g/mol. The van der Waals surface area contributed by atoms with Gasteiger partial charge in [0.1, 0.15) is 5.82 Å². The lowest BCUT2D eigenvalue weighted by Crippen LogP contribution is -2.42. The second kappa shape index (κ2) is 8.70. The van der Waals surface area contributed by atoms with Crippen LogP contribution in [0.2, 0.25) is 0 Å². The summed E-state index contributed by atoms with van der Waals surface area (Å²) in [5.41, 5.74) is 0.983. The topological polar surface area (TPSA) is 82.6 Å². The standard InChI is InChI=1S/C20H26N4O3S/c1-23(2)19-14-16(8-11-21-19)15-22-20(25)17-9-12-24(13-10-17)28(26,27)18-6-4-3-5-7-18/h3-8,11,14,17H,9-10,12-13,15H2,1-2H3,(H,22,25). The number of nitrogens with one attached hydrogen (secondary N) is 1. The highest BCUT2D eigenvalue weighted by atomic mass is 32.2. The number of anilines is 1. The van der Waals surface area contributed by atoms with Crippen molar-refractivity contribution in [3.8, 4) is 0 Å². The van der Waals surface area contributed by atoms with Crippen molar-refractivity contribution in [3.05, 3.63) is 54.2 Å². The zero-order chi connectivity index (χ0) is 20.1. The second-order valence-electron chi connectivity index (χ2n) is 7.13. The van der Waals surface area contributed by atoms with Gasteiger partial charge in [-0.05, 0) is 42.7 Å². The van der Waals surface area contributed by atoms with Gasteiger partial charge in [-0.15, -0.1) is 0 Å². The van der Waals surface area contributed by atoms with E-state index in [1.807, 2.05) is 31.1 Å². The van der Waals surface area contributed by atoms with Gasteiger partial charge >= 0.3 is 0 Å². The molecule has 150 valence electrons. The maximum absolute atomic E-state index is 12.7. The number of pyridine rings is 1. The Kier molecular flexibility index (Phi) is 6.31. The largest absolute Gasteiger partial charge is 0.363 e. The van der Waals surface area contributed by atoms with Crippen molar-refractivity contribution in [1.29, 1.82) is 0 Å². The maximum atomic E-state index is 12.7. The third-order valence-electron chi connectivity index (χ3n) is 4.94. The van der Waals surface area contributed by atoms with E-state index in [0.717, 1.165) is 11.4 Å². The Bertz CT molecular complexity index is 908. The van der Waals surface area contributed by atoms with Crippen LogP contribution in [0.25, 0.3) is 0 Å². The molecule has 2 heterocycles. The average Bonchev–Trinajstić information content (AvgIpc) is 2.73. The van der Waals surface area contributed by atoms with Crippen LogP contribution in [0, 0.1) is 5.92 Å². The van der Waals surface area contributed by atoms with Gasteiger partial charge in [0.05, 0.1) is 4.90 Å². The third-order valence-corrected chi connectivity index (χ3v) is 6.85. The smallest absolute Gasteiger partial charge is 0.243 e. The minimum Gasteiger partial charge on any atom is -0.363 e. The summed E-state index contributed by atoms with van der Waals surface area (Å²) < 4.78 is 26.8. The summed E-state index contributed by atoms with van der Waals surface area (Å²) in [5.74, 6) is 0.642. The molecule has 0 atom stereocenters. The molecule has 1 fully saturated rings. The van der Waals surface area contributed by atoms with Crippen LogP contribution in [0.5, 0.6) is 0 Å². The molecule has 1 aliphatic rings. The molecule has 1 aromatic carbocycles. The van der Waals surface area contributed by atoms with E-state index >= 15 is 0 Å². The number of sulfonamides is 1. The second-order valence-corrected chi connectivity index (χ2v) is 9.06. The molecule has 0 unspecified atom stereocenters. The molecule has 0 spiro atoms. The van der Waals surface area contributed by atoms with E-state index in [1.165, 1.54) is 4.31 Å².